The minimum Gasteiger partial charge on any atom is -0.471 e. The number of rotatable bonds is 3. The molecule has 1 amide bonds. The molecule has 0 N–H and O–H groups in total. The molecule has 1 aliphatic heterocycles. The van der Waals surface area contributed by atoms with Crippen LogP contribution in [0.1, 0.15) is 33.2 Å². The van der Waals surface area contributed by atoms with Crippen LogP contribution in [0.5, 0.6) is 5.88 Å². The number of likely N-dealkylation sites (tertiary alicyclic amines) is 1. The van der Waals surface area contributed by atoms with E-state index in [1.807, 2.05) is 18.7 Å². The average Bonchev–Trinajstić information content (AvgIpc) is 2.86. The Kier molecular flexibility index (Phi) is 4.33. The maximum Gasteiger partial charge on any atom is 0.265 e. The van der Waals surface area contributed by atoms with Gasteiger partial charge in [-0.15, -0.1) is 16.4 Å². The molecule has 0 saturated carbocycles. The van der Waals surface area contributed by atoms with Gasteiger partial charge in [0.2, 0.25) is 5.88 Å². The Morgan fingerprint density at radius 2 is 2.32 bits per heavy atom. The topological polar surface area (TPSA) is 68.2 Å². The number of hydrogen-bond acceptors (Lipinski definition) is 6. The van der Waals surface area contributed by atoms with Gasteiger partial charge in [-0.1, -0.05) is 0 Å². The summed E-state index contributed by atoms with van der Waals surface area (Å²) in [6.45, 7) is 5.14. The van der Waals surface area contributed by atoms with E-state index in [2.05, 4.69) is 15.2 Å². The van der Waals surface area contributed by atoms with Gasteiger partial charge in [-0.25, -0.2) is 4.98 Å². The zero-order valence-corrected chi connectivity index (χ0v) is 13.5. The van der Waals surface area contributed by atoms with Crippen LogP contribution >= 0.6 is 11.3 Å². The van der Waals surface area contributed by atoms with Gasteiger partial charge in [-0.05, 0) is 32.8 Å². The largest absolute Gasteiger partial charge is 0.471 e. The highest BCUT2D eigenvalue weighted by atomic mass is 32.1. The maximum absolute atomic E-state index is 12.6. The van der Waals surface area contributed by atoms with Crippen molar-refractivity contribution in [2.45, 2.75) is 32.8 Å². The highest BCUT2D eigenvalue weighted by molar-refractivity contribution is 7.13. The Hall–Kier alpha value is -2.02. The molecule has 0 spiro atoms. The van der Waals surface area contributed by atoms with E-state index in [-0.39, 0.29) is 12.0 Å². The van der Waals surface area contributed by atoms with Gasteiger partial charge in [0.25, 0.3) is 5.91 Å². The van der Waals surface area contributed by atoms with Crippen LogP contribution in [0.25, 0.3) is 0 Å². The summed E-state index contributed by atoms with van der Waals surface area (Å²) in [6, 6.07) is 3.57. The summed E-state index contributed by atoms with van der Waals surface area (Å²) < 4.78 is 5.83. The number of piperidine rings is 1. The Labute approximate surface area is 133 Å². The molecular weight excluding hydrogens is 300 g/mol. The number of nitrogens with zero attached hydrogens (tertiary/aromatic N) is 4. The Morgan fingerprint density at radius 1 is 1.45 bits per heavy atom. The number of carbonyl (C=O) groups excluding carboxylic acids is 1. The lowest BCUT2D eigenvalue weighted by molar-refractivity contribution is 0.0529. The minimum atomic E-state index is -0.0382. The van der Waals surface area contributed by atoms with Gasteiger partial charge in [0.15, 0.2) is 0 Å². The van der Waals surface area contributed by atoms with Crippen LogP contribution in [-0.2, 0) is 0 Å². The second kappa shape index (κ2) is 6.39. The molecule has 1 aliphatic rings. The van der Waals surface area contributed by atoms with Crippen molar-refractivity contribution >= 4 is 17.2 Å². The second-order valence-electron chi connectivity index (χ2n) is 5.34. The van der Waals surface area contributed by atoms with Crippen molar-refractivity contribution in [3.63, 3.8) is 0 Å². The smallest absolute Gasteiger partial charge is 0.265 e. The van der Waals surface area contributed by atoms with Gasteiger partial charge < -0.3 is 9.64 Å². The predicted molar refractivity (Wildman–Crippen MR) is 83.2 cm³/mol. The first-order chi connectivity index (χ1) is 10.6. The summed E-state index contributed by atoms with van der Waals surface area (Å²) in [5.41, 5.74) is 0.810. The zero-order valence-electron chi connectivity index (χ0n) is 12.7. The highest BCUT2D eigenvalue weighted by Gasteiger charge is 2.28. The van der Waals surface area contributed by atoms with Crippen molar-refractivity contribution in [1.82, 2.24) is 20.1 Å². The molecule has 22 heavy (non-hydrogen) atoms. The zero-order chi connectivity index (χ0) is 15.5. The van der Waals surface area contributed by atoms with E-state index < -0.39 is 0 Å². The normalized spacial score (nSPS) is 18.3. The molecule has 3 rings (SSSR count). The van der Waals surface area contributed by atoms with Crippen LogP contribution in [0.2, 0.25) is 0 Å². The molecule has 3 heterocycles. The lowest BCUT2D eigenvalue weighted by atomic mass is 10.1. The van der Waals surface area contributed by atoms with Crippen LogP contribution in [0, 0.1) is 13.8 Å². The van der Waals surface area contributed by atoms with Crippen molar-refractivity contribution in [1.29, 1.82) is 0 Å². The van der Waals surface area contributed by atoms with Crippen molar-refractivity contribution in [2.75, 3.05) is 13.1 Å². The first-order valence-electron chi connectivity index (χ1n) is 7.31. The van der Waals surface area contributed by atoms with Crippen molar-refractivity contribution < 1.29 is 9.53 Å². The van der Waals surface area contributed by atoms with E-state index >= 15 is 0 Å². The number of amides is 1. The molecule has 0 aromatic carbocycles. The fourth-order valence-electron chi connectivity index (χ4n) is 2.61. The molecular formula is C15H18N4O2S. The van der Waals surface area contributed by atoms with E-state index in [1.165, 1.54) is 11.3 Å². The van der Waals surface area contributed by atoms with Crippen LogP contribution in [0.3, 0.4) is 0 Å². The lowest BCUT2D eigenvalue weighted by Crippen LogP contribution is -2.44. The quantitative estimate of drug-likeness (QED) is 0.868. The molecule has 0 bridgehead atoms. The summed E-state index contributed by atoms with van der Waals surface area (Å²) in [5, 5.41) is 8.66. The number of ether oxygens (including phenoxy) is 1. The summed E-state index contributed by atoms with van der Waals surface area (Å²) in [4.78, 5) is 19.6. The molecule has 0 aliphatic carbocycles. The van der Waals surface area contributed by atoms with E-state index in [0.717, 1.165) is 35.0 Å². The van der Waals surface area contributed by atoms with Gasteiger partial charge in [0.1, 0.15) is 11.0 Å². The first-order valence-corrected chi connectivity index (χ1v) is 8.13. The predicted octanol–water partition coefficient (Wildman–Crippen LogP) is 2.23. The molecule has 1 atom stereocenters. The molecule has 116 valence electrons. The fourth-order valence-corrected chi connectivity index (χ4v) is 3.50. The number of aryl methyl sites for hydroxylation is 2. The maximum atomic E-state index is 12.6. The van der Waals surface area contributed by atoms with Crippen LogP contribution in [0.4, 0.5) is 0 Å². The minimum absolute atomic E-state index is 0.0382. The average molecular weight is 318 g/mol. The second-order valence-corrected chi connectivity index (χ2v) is 6.55. The van der Waals surface area contributed by atoms with E-state index in [4.69, 9.17) is 4.74 Å². The van der Waals surface area contributed by atoms with E-state index in [1.54, 1.807) is 18.3 Å². The SMILES string of the molecule is Cc1nc(C)c(C(=O)N2CCC[C@H](Oc3cccnn3)C2)s1. The monoisotopic (exact) mass is 318 g/mol. The third kappa shape index (κ3) is 3.24. The molecule has 2 aromatic heterocycles. The molecule has 6 nitrogen and oxygen atoms in total. The molecule has 0 radical (unpaired) electrons. The molecule has 2 aromatic rings. The lowest BCUT2D eigenvalue weighted by Gasteiger charge is -2.32. The standard InChI is InChI=1S/C15H18N4O2S/c1-10-14(22-11(2)17-10)15(20)19-8-4-5-12(9-19)21-13-6-3-7-16-18-13/h3,6-7,12H,4-5,8-9H2,1-2H3/t12-/m0/s1. The van der Waals surface area contributed by atoms with Gasteiger partial charge in [-0.3, -0.25) is 4.79 Å². The van der Waals surface area contributed by atoms with Crippen LogP contribution < -0.4 is 4.74 Å². The van der Waals surface area contributed by atoms with Crippen molar-refractivity contribution in [3.8, 4) is 5.88 Å². The van der Waals surface area contributed by atoms with Gasteiger partial charge >= 0.3 is 0 Å². The highest BCUT2D eigenvalue weighted by Crippen LogP contribution is 2.22. The van der Waals surface area contributed by atoms with Crippen molar-refractivity contribution in [3.05, 3.63) is 33.9 Å². The van der Waals surface area contributed by atoms with Gasteiger partial charge in [0.05, 0.1) is 17.2 Å². The van der Waals surface area contributed by atoms with Crippen LogP contribution in [-0.4, -0.2) is 45.2 Å². The molecule has 1 saturated heterocycles. The Balaban J connectivity index is 1.68. The fraction of sp³-hybridized carbons (Fsp3) is 0.467. The number of carbonyl (C=O) groups is 1. The van der Waals surface area contributed by atoms with E-state index in [9.17, 15) is 4.79 Å². The van der Waals surface area contributed by atoms with Gasteiger partial charge in [-0.2, -0.15) is 5.10 Å². The van der Waals surface area contributed by atoms with Crippen molar-refractivity contribution in [2.24, 2.45) is 0 Å². The van der Waals surface area contributed by atoms with E-state index in [0.29, 0.717) is 12.4 Å². The molecule has 0 unspecified atom stereocenters. The van der Waals surface area contributed by atoms with Gasteiger partial charge in [0, 0.05) is 18.8 Å². The third-order valence-electron chi connectivity index (χ3n) is 3.60. The number of thiazole rings is 1. The van der Waals surface area contributed by atoms with Crippen LogP contribution in [0.15, 0.2) is 18.3 Å². The third-order valence-corrected chi connectivity index (χ3v) is 4.66. The Morgan fingerprint density at radius 3 is 3.00 bits per heavy atom. The molecule has 7 heteroatoms. The first kappa shape index (κ1) is 14.9. The number of aromatic nitrogens is 3. The summed E-state index contributed by atoms with van der Waals surface area (Å²) in [6.07, 6.45) is 3.41. The summed E-state index contributed by atoms with van der Waals surface area (Å²) >= 11 is 1.46. The number of hydrogen-bond donors (Lipinski definition) is 0. The summed E-state index contributed by atoms with van der Waals surface area (Å²) in [7, 11) is 0. The molecule has 1 fully saturated rings. The Bertz CT molecular complexity index is 659. The summed E-state index contributed by atoms with van der Waals surface area (Å²) in [5.74, 6) is 0.558.